The van der Waals surface area contributed by atoms with Crippen molar-refractivity contribution in [1.29, 1.82) is 0 Å². The predicted octanol–water partition coefficient (Wildman–Crippen LogP) is 7.19. The summed E-state index contributed by atoms with van der Waals surface area (Å²) in [5.41, 5.74) is 3.54. The standard InChI is InChI=1S/C27H36N2O8.C18H22N2O4/c1-3-13-36-27(33)29-21-17-22(34-15-8-10-23(30)31)18(2)16-19(21)25(32)28-12-6-4-9-20(28)26(29)37-24-11-5-7-14-35-24;1-12-9-14-15(10-16(12)24-8-4-6-17(21)22)19-11-13-5-2-3-7-20(13)18(14)23/h3,16-17,20,24,26H,1,4-15H2,2H3,(H,30,31);9-11,13H,2-8H2,1H3,(H,21,22)/t20-,24?,26?;13-/m00/s1. The fourth-order valence-corrected chi connectivity index (χ4v) is 8.31. The third-order valence-electron chi connectivity index (χ3n) is 11.4. The second-order valence-electron chi connectivity index (χ2n) is 15.9. The second-order valence-corrected chi connectivity index (χ2v) is 15.9. The number of anilines is 1. The normalized spacial score (nSPS) is 21.9. The minimum Gasteiger partial charge on any atom is -0.493 e. The Hall–Kier alpha value is -5.48. The first-order valence-electron chi connectivity index (χ1n) is 21.4. The molecule has 5 aliphatic rings. The molecule has 2 aromatic rings. The minimum atomic E-state index is -0.898. The number of ether oxygens (including phenoxy) is 5. The van der Waals surface area contributed by atoms with E-state index in [1.54, 1.807) is 18.2 Å². The topological polar surface area (TPSA) is 194 Å². The predicted molar refractivity (Wildman–Crippen MR) is 225 cm³/mol. The average Bonchev–Trinajstić information content (AvgIpc) is 3.44. The third-order valence-corrected chi connectivity index (χ3v) is 11.4. The van der Waals surface area contributed by atoms with Crippen molar-refractivity contribution >= 4 is 47.4 Å². The Bertz CT molecular complexity index is 1960. The molecule has 4 atom stereocenters. The van der Waals surface area contributed by atoms with Crippen LogP contribution in [0.1, 0.15) is 115 Å². The highest BCUT2D eigenvalue weighted by Gasteiger charge is 2.46. The van der Waals surface area contributed by atoms with Gasteiger partial charge in [-0.15, -0.1) is 0 Å². The lowest BCUT2D eigenvalue weighted by Crippen LogP contribution is -2.57. The van der Waals surface area contributed by atoms with Gasteiger partial charge in [0.1, 0.15) is 18.1 Å². The number of nitrogens with zero attached hydrogens (tertiary/aromatic N) is 4. The molecule has 0 spiro atoms. The molecule has 0 bridgehead atoms. The van der Waals surface area contributed by atoms with Gasteiger partial charge in [0.25, 0.3) is 11.8 Å². The van der Waals surface area contributed by atoms with Crippen LogP contribution >= 0.6 is 0 Å². The zero-order valence-corrected chi connectivity index (χ0v) is 35.2. The van der Waals surface area contributed by atoms with Gasteiger partial charge in [-0.1, -0.05) is 12.7 Å². The van der Waals surface area contributed by atoms with Crippen molar-refractivity contribution in [2.45, 2.75) is 122 Å². The molecule has 2 N–H and O–H groups in total. The van der Waals surface area contributed by atoms with Crippen molar-refractivity contribution in [3.63, 3.8) is 0 Å². The molecule has 3 fully saturated rings. The summed E-state index contributed by atoms with van der Waals surface area (Å²) in [6.07, 6.45) is 10.4. The van der Waals surface area contributed by atoms with Gasteiger partial charge in [-0.2, -0.15) is 0 Å². The van der Waals surface area contributed by atoms with E-state index in [4.69, 9.17) is 33.9 Å². The van der Waals surface area contributed by atoms with Crippen molar-refractivity contribution < 1.29 is 57.9 Å². The number of carboxylic acids is 2. The molecule has 7 rings (SSSR count). The smallest absolute Gasteiger partial charge is 0.416 e. The molecule has 3 amide bonds. The van der Waals surface area contributed by atoms with Crippen LogP contribution in [0.25, 0.3) is 0 Å². The van der Waals surface area contributed by atoms with Crippen LogP contribution in [0.4, 0.5) is 16.2 Å². The number of rotatable bonds is 14. The maximum absolute atomic E-state index is 13.8. The molecule has 0 aromatic heterocycles. The Kier molecular flexibility index (Phi) is 15.8. The van der Waals surface area contributed by atoms with Gasteiger partial charge in [0.2, 0.25) is 0 Å². The van der Waals surface area contributed by atoms with E-state index < -0.39 is 30.5 Å². The van der Waals surface area contributed by atoms with Crippen molar-refractivity contribution in [2.24, 2.45) is 4.99 Å². The first-order chi connectivity index (χ1) is 29.5. The number of piperidine rings is 2. The summed E-state index contributed by atoms with van der Waals surface area (Å²) in [5, 5.41) is 17.6. The van der Waals surface area contributed by atoms with Gasteiger partial charge in [-0.3, -0.25) is 24.2 Å². The molecule has 0 radical (unpaired) electrons. The number of fused-ring (bicyclic) bond motifs is 4. The van der Waals surface area contributed by atoms with Gasteiger partial charge in [-0.05, 0) is 108 Å². The van der Waals surface area contributed by atoms with E-state index in [9.17, 15) is 24.0 Å². The first kappa shape index (κ1) is 45.1. The number of carbonyl (C=O) groups is 5. The van der Waals surface area contributed by atoms with Crippen LogP contribution in [0.2, 0.25) is 0 Å². The molecule has 0 saturated carbocycles. The maximum Gasteiger partial charge on any atom is 0.416 e. The highest BCUT2D eigenvalue weighted by Crippen LogP contribution is 2.40. The van der Waals surface area contributed by atoms with Crippen LogP contribution in [0.3, 0.4) is 0 Å². The lowest BCUT2D eigenvalue weighted by atomic mass is 10.00. The van der Waals surface area contributed by atoms with Crippen molar-refractivity contribution in [2.75, 3.05) is 44.4 Å². The molecule has 330 valence electrons. The van der Waals surface area contributed by atoms with Crippen LogP contribution in [0, 0.1) is 13.8 Å². The molecule has 16 heteroatoms. The lowest BCUT2D eigenvalue weighted by Gasteiger charge is -2.42. The molecule has 5 heterocycles. The lowest BCUT2D eigenvalue weighted by molar-refractivity contribution is -0.198. The number of carboxylic acid groups (broad SMARTS) is 2. The highest BCUT2D eigenvalue weighted by molar-refractivity contribution is 6.06. The largest absolute Gasteiger partial charge is 0.493 e. The Balaban J connectivity index is 0.000000223. The minimum absolute atomic E-state index is 0.00402. The van der Waals surface area contributed by atoms with E-state index in [1.165, 1.54) is 11.0 Å². The molecular weight excluding hydrogens is 789 g/mol. The molecule has 5 aliphatic heterocycles. The Morgan fingerprint density at radius 2 is 1.44 bits per heavy atom. The number of hydrogen-bond acceptors (Lipinski definition) is 11. The fourth-order valence-electron chi connectivity index (χ4n) is 8.31. The van der Waals surface area contributed by atoms with E-state index in [1.807, 2.05) is 35.9 Å². The zero-order valence-electron chi connectivity index (χ0n) is 35.2. The van der Waals surface area contributed by atoms with Gasteiger partial charge in [0.05, 0.1) is 47.8 Å². The van der Waals surface area contributed by atoms with Crippen LogP contribution in [-0.4, -0.2) is 120 Å². The summed E-state index contributed by atoms with van der Waals surface area (Å²) in [7, 11) is 0. The van der Waals surface area contributed by atoms with Gasteiger partial charge in [-0.25, -0.2) is 9.69 Å². The summed E-state index contributed by atoms with van der Waals surface area (Å²) < 4.78 is 29.4. The van der Waals surface area contributed by atoms with Gasteiger partial charge < -0.3 is 43.7 Å². The van der Waals surface area contributed by atoms with Crippen molar-refractivity contribution in [1.82, 2.24) is 9.80 Å². The summed E-state index contributed by atoms with van der Waals surface area (Å²) in [4.78, 5) is 71.3. The summed E-state index contributed by atoms with van der Waals surface area (Å²) in [5.74, 6) is -0.741. The average molecular weight is 847 g/mol. The second kappa shape index (κ2) is 21.4. The van der Waals surface area contributed by atoms with Crippen molar-refractivity contribution in [3.05, 3.63) is 59.2 Å². The SMILES string of the molecule is C=CCOC(=O)N1c2cc(OCCCC(=O)O)c(C)cc2C(=O)N2CCCC[C@H]2C1OC1CCCCO1.Cc1cc2c(cc1OCCCC(=O)O)N=C[C@@H]1CCCCN1C2=O. The van der Waals surface area contributed by atoms with Crippen molar-refractivity contribution in [3.8, 4) is 11.5 Å². The molecular formula is C45H58N4O12. The Labute approximate surface area is 356 Å². The molecule has 0 aliphatic carbocycles. The van der Waals surface area contributed by atoms with Crippen LogP contribution in [-0.2, 0) is 23.8 Å². The number of benzene rings is 2. The van der Waals surface area contributed by atoms with E-state index in [0.29, 0.717) is 85.0 Å². The van der Waals surface area contributed by atoms with Crippen LogP contribution in [0.15, 0.2) is 41.9 Å². The van der Waals surface area contributed by atoms with E-state index in [0.717, 1.165) is 57.1 Å². The summed E-state index contributed by atoms with van der Waals surface area (Å²) >= 11 is 0. The van der Waals surface area contributed by atoms with Gasteiger partial charge >= 0.3 is 18.0 Å². The van der Waals surface area contributed by atoms with Crippen LogP contribution < -0.4 is 14.4 Å². The van der Waals surface area contributed by atoms with E-state index in [2.05, 4.69) is 11.6 Å². The highest BCUT2D eigenvalue weighted by atomic mass is 16.7. The van der Waals surface area contributed by atoms with E-state index >= 15 is 0 Å². The molecule has 61 heavy (non-hydrogen) atoms. The number of carbonyl (C=O) groups excluding carboxylic acids is 3. The Morgan fingerprint density at radius 1 is 0.820 bits per heavy atom. The summed E-state index contributed by atoms with van der Waals surface area (Å²) in [6, 6.07) is 6.73. The number of amides is 3. The molecule has 16 nitrogen and oxygen atoms in total. The quantitative estimate of drug-likeness (QED) is 0.144. The number of aliphatic carboxylic acids is 2. The number of hydrogen-bond donors (Lipinski definition) is 2. The van der Waals surface area contributed by atoms with Crippen LogP contribution in [0.5, 0.6) is 11.5 Å². The van der Waals surface area contributed by atoms with E-state index in [-0.39, 0.29) is 50.0 Å². The first-order valence-corrected chi connectivity index (χ1v) is 21.4. The monoisotopic (exact) mass is 846 g/mol. The zero-order chi connectivity index (χ0) is 43.5. The fraction of sp³-hybridized carbons (Fsp3) is 0.556. The molecule has 2 aromatic carbocycles. The van der Waals surface area contributed by atoms with Gasteiger partial charge in [0.15, 0.2) is 12.5 Å². The third kappa shape index (κ3) is 11.3. The summed E-state index contributed by atoms with van der Waals surface area (Å²) in [6.45, 7) is 9.80. The molecule has 2 unspecified atom stereocenters. The maximum atomic E-state index is 13.8. The van der Waals surface area contributed by atoms with Gasteiger partial charge in [0, 0.05) is 50.9 Å². The number of aliphatic imine (C=N–C) groups is 1. The Morgan fingerprint density at radius 3 is 2.10 bits per heavy atom. The molecule has 3 saturated heterocycles. The number of aryl methyl sites for hydroxylation is 2.